The molecule has 0 aliphatic carbocycles. The predicted octanol–water partition coefficient (Wildman–Crippen LogP) is 1.50. The number of aromatic hydroxyl groups is 1. The first-order valence-corrected chi connectivity index (χ1v) is 8.68. The minimum absolute atomic E-state index is 0.0256. The molecule has 0 unspecified atom stereocenters. The number of hydrogen-bond donors (Lipinski definition) is 3. The number of ether oxygens (including phenoxy) is 1. The summed E-state index contributed by atoms with van der Waals surface area (Å²) in [5, 5.41) is 20.0. The molecule has 0 bridgehead atoms. The van der Waals surface area contributed by atoms with E-state index >= 15 is 0 Å². The first-order valence-electron chi connectivity index (χ1n) is 8.16. The Labute approximate surface area is 158 Å². The summed E-state index contributed by atoms with van der Waals surface area (Å²) in [5.74, 6) is -0.243. The highest BCUT2D eigenvalue weighted by molar-refractivity contribution is 7.81. The Balaban J connectivity index is 1.62. The molecule has 27 heavy (non-hydrogen) atoms. The number of nitro benzene ring substituents is 1. The number of thiol groups is 1. The van der Waals surface area contributed by atoms with Crippen molar-refractivity contribution in [2.75, 3.05) is 6.54 Å². The third-order valence-corrected chi connectivity index (χ3v) is 4.69. The number of aromatic nitrogens is 2. The second-order valence-electron chi connectivity index (χ2n) is 6.27. The molecule has 1 aromatic carbocycles. The van der Waals surface area contributed by atoms with Gasteiger partial charge in [-0.2, -0.15) is 12.6 Å². The Kier molecular flexibility index (Phi) is 5.40. The molecule has 2 N–H and O–H groups in total. The van der Waals surface area contributed by atoms with Crippen LogP contribution in [0.25, 0.3) is 0 Å². The van der Waals surface area contributed by atoms with Crippen molar-refractivity contribution < 1.29 is 19.6 Å². The van der Waals surface area contributed by atoms with Crippen LogP contribution in [0.15, 0.2) is 35.3 Å². The summed E-state index contributed by atoms with van der Waals surface area (Å²) < 4.78 is 6.60. The van der Waals surface area contributed by atoms with E-state index in [1.54, 1.807) is 0 Å². The van der Waals surface area contributed by atoms with Gasteiger partial charge in [0.1, 0.15) is 6.61 Å². The number of carbonyl (C=O) groups excluding carboxylic acids is 1. The number of non-ortho nitro benzene ring substituents is 1. The van der Waals surface area contributed by atoms with Crippen LogP contribution < -0.4 is 5.69 Å². The van der Waals surface area contributed by atoms with Gasteiger partial charge in [-0.3, -0.25) is 19.7 Å². The normalized spacial score (nSPS) is 19.2. The summed E-state index contributed by atoms with van der Waals surface area (Å²) in [6, 6.07) is 5.43. The summed E-state index contributed by atoms with van der Waals surface area (Å²) >= 11 is 4.41. The molecule has 0 saturated carbocycles. The van der Waals surface area contributed by atoms with Gasteiger partial charge in [-0.05, 0) is 24.1 Å². The van der Waals surface area contributed by atoms with Crippen LogP contribution in [0.1, 0.15) is 12.0 Å². The van der Waals surface area contributed by atoms with Gasteiger partial charge in [0.05, 0.1) is 17.2 Å². The fourth-order valence-electron chi connectivity index (χ4n) is 3.01. The number of benzene rings is 1. The van der Waals surface area contributed by atoms with E-state index < -0.39 is 16.7 Å². The zero-order valence-corrected chi connectivity index (χ0v) is 15.0. The SMILES string of the molecule is O=C(OCc1ccc([N+](=O)[O-])cc1)N1C[C@@H](S)C[C@H]1Cn1cc(O)[nH]c1=O. The van der Waals surface area contributed by atoms with E-state index in [1.165, 1.54) is 39.9 Å². The number of hydrogen-bond acceptors (Lipinski definition) is 7. The van der Waals surface area contributed by atoms with Crippen LogP contribution in [0.4, 0.5) is 10.5 Å². The highest BCUT2D eigenvalue weighted by Crippen LogP contribution is 2.24. The molecule has 1 saturated heterocycles. The molecule has 144 valence electrons. The molecule has 1 fully saturated rings. The lowest BCUT2D eigenvalue weighted by molar-refractivity contribution is -0.384. The standard InChI is InChI=1S/C16H18N4O6S/c21-14-8-18(15(22)17-14)6-12-5-13(27)7-19(12)16(23)26-9-10-1-3-11(4-2-10)20(24)25/h1-4,8,12-13,21,27H,5-7,9H2,(H,17,22)/t12-,13-/m0/s1. The summed E-state index contributed by atoms with van der Waals surface area (Å²) in [7, 11) is 0. The van der Waals surface area contributed by atoms with Crippen LogP contribution in [0, 0.1) is 10.1 Å². The van der Waals surface area contributed by atoms with Gasteiger partial charge in [0, 0.05) is 30.5 Å². The van der Waals surface area contributed by atoms with Gasteiger partial charge in [-0.25, -0.2) is 9.59 Å². The topological polar surface area (TPSA) is 131 Å². The van der Waals surface area contributed by atoms with Gasteiger partial charge >= 0.3 is 11.8 Å². The summed E-state index contributed by atoms with van der Waals surface area (Å²) in [4.78, 5) is 38.1. The summed E-state index contributed by atoms with van der Waals surface area (Å²) in [6.07, 6.45) is 1.30. The zero-order chi connectivity index (χ0) is 19.6. The van der Waals surface area contributed by atoms with E-state index in [9.17, 15) is 24.8 Å². The number of imidazole rings is 1. The Morgan fingerprint density at radius 1 is 1.41 bits per heavy atom. The van der Waals surface area contributed by atoms with Crippen LogP contribution in [0.2, 0.25) is 0 Å². The number of nitro groups is 1. The fraction of sp³-hybridized carbons (Fsp3) is 0.375. The largest absolute Gasteiger partial charge is 0.493 e. The predicted molar refractivity (Wildman–Crippen MR) is 97.9 cm³/mol. The van der Waals surface area contributed by atoms with Crippen molar-refractivity contribution in [3.05, 3.63) is 56.6 Å². The monoisotopic (exact) mass is 394 g/mol. The van der Waals surface area contributed by atoms with Crippen LogP contribution in [0.5, 0.6) is 5.88 Å². The summed E-state index contributed by atoms with van der Waals surface area (Å²) in [6.45, 7) is 0.555. The highest BCUT2D eigenvalue weighted by atomic mass is 32.1. The Morgan fingerprint density at radius 2 is 2.11 bits per heavy atom. The maximum Gasteiger partial charge on any atom is 0.410 e. The van der Waals surface area contributed by atoms with E-state index in [0.29, 0.717) is 18.5 Å². The second kappa shape index (κ2) is 7.74. The second-order valence-corrected chi connectivity index (χ2v) is 7.00. The molecule has 1 aliphatic rings. The van der Waals surface area contributed by atoms with E-state index in [-0.39, 0.29) is 36.0 Å². The first kappa shape index (κ1) is 18.8. The van der Waals surface area contributed by atoms with Gasteiger partial charge in [-0.15, -0.1) is 0 Å². The van der Waals surface area contributed by atoms with Crippen molar-refractivity contribution in [1.29, 1.82) is 0 Å². The van der Waals surface area contributed by atoms with Gasteiger partial charge in [0.25, 0.3) is 5.69 Å². The number of H-pyrrole nitrogens is 1. The molecular formula is C16H18N4O6S. The Hall–Kier alpha value is -2.95. The molecular weight excluding hydrogens is 376 g/mol. The smallest absolute Gasteiger partial charge is 0.410 e. The maximum absolute atomic E-state index is 12.4. The van der Waals surface area contributed by atoms with Gasteiger partial charge < -0.3 is 14.7 Å². The minimum Gasteiger partial charge on any atom is -0.493 e. The number of nitrogens with one attached hydrogen (secondary N) is 1. The van der Waals surface area contributed by atoms with Gasteiger partial charge in [0.2, 0.25) is 5.88 Å². The maximum atomic E-state index is 12.4. The molecule has 2 aromatic rings. The lowest BCUT2D eigenvalue weighted by atomic mass is 10.2. The number of amides is 1. The fourth-order valence-corrected chi connectivity index (χ4v) is 3.43. The highest BCUT2D eigenvalue weighted by Gasteiger charge is 2.35. The van der Waals surface area contributed by atoms with Gasteiger partial charge in [0.15, 0.2) is 0 Å². The van der Waals surface area contributed by atoms with Crippen molar-refractivity contribution in [2.24, 2.45) is 0 Å². The van der Waals surface area contributed by atoms with E-state index in [2.05, 4.69) is 17.6 Å². The Morgan fingerprint density at radius 3 is 2.70 bits per heavy atom. The molecule has 0 spiro atoms. The van der Waals surface area contributed by atoms with Crippen molar-refractivity contribution in [3.63, 3.8) is 0 Å². The lowest BCUT2D eigenvalue weighted by Crippen LogP contribution is -2.39. The first-order chi connectivity index (χ1) is 12.8. The average Bonchev–Trinajstić information content (AvgIpc) is 3.14. The van der Waals surface area contributed by atoms with Crippen molar-refractivity contribution in [3.8, 4) is 5.88 Å². The minimum atomic E-state index is -0.553. The van der Waals surface area contributed by atoms with E-state index in [0.717, 1.165) is 0 Å². The third-order valence-electron chi connectivity index (χ3n) is 4.32. The molecule has 3 rings (SSSR count). The molecule has 2 heterocycles. The van der Waals surface area contributed by atoms with E-state index in [4.69, 9.17) is 4.74 Å². The van der Waals surface area contributed by atoms with E-state index in [1.807, 2.05) is 0 Å². The van der Waals surface area contributed by atoms with Crippen molar-refractivity contribution in [2.45, 2.75) is 30.9 Å². The van der Waals surface area contributed by atoms with Crippen LogP contribution in [0.3, 0.4) is 0 Å². The molecule has 2 atom stereocenters. The molecule has 1 aliphatic heterocycles. The number of rotatable bonds is 5. The van der Waals surface area contributed by atoms with Crippen LogP contribution >= 0.6 is 12.6 Å². The molecule has 10 nitrogen and oxygen atoms in total. The van der Waals surface area contributed by atoms with Crippen LogP contribution in [-0.4, -0.2) is 48.4 Å². The molecule has 1 amide bonds. The van der Waals surface area contributed by atoms with Crippen LogP contribution in [-0.2, 0) is 17.9 Å². The number of nitrogens with zero attached hydrogens (tertiary/aromatic N) is 3. The number of aromatic amines is 1. The molecule has 11 heteroatoms. The average molecular weight is 394 g/mol. The number of likely N-dealkylation sites (tertiary alicyclic amines) is 1. The molecule has 0 radical (unpaired) electrons. The zero-order valence-electron chi connectivity index (χ0n) is 14.1. The summed E-state index contributed by atoms with van der Waals surface area (Å²) in [5.41, 5.74) is 0.121. The van der Waals surface area contributed by atoms with Crippen molar-refractivity contribution in [1.82, 2.24) is 14.5 Å². The molecule has 1 aromatic heterocycles. The third kappa shape index (κ3) is 4.42. The quantitative estimate of drug-likeness (QED) is 0.400. The Bertz CT molecular complexity index is 893. The number of carbonyl (C=O) groups is 1. The lowest BCUT2D eigenvalue weighted by Gasteiger charge is -2.24. The van der Waals surface area contributed by atoms with Crippen molar-refractivity contribution >= 4 is 24.4 Å². The van der Waals surface area contributed by atoms with Gasteiger partial charge in [-0.1, -0.05) is 0 Å².